The van der Waals surface area contributed by atoms with Crippen molar-refractivity contribution in [2.24, 2.45) is 11.1 Å². The fourth-order valence-electron chi connectivity index (χ4n) is 4.48. The van der Waals surface area contributed by atoms with E-state index >= 15 is 0 Å². The standard InChI is InChI=1S/C25H31N3O3/c1-27(2)24(31)25(14-7-15-28(18-25)23(30)13-12-22(26)29)17-19-8-6-11-21(16-19)20-9-4-3-5-10-20/h3-6,8-11,16H,7,12-15,17-18H2,1-2H3,(H2,26,29)/t25-/m0/s1. The molecule has 2 aromatic carbocycles. The van der Waals surface area contributed by atoms with Crippen LogP contribution in [-0.4, -0.2) is 54.7 Å². The first kappa shape index (κ1) is 22.5. The lowest BCUT2D eigenvalue weighted by Gasteiger charge is -2.43. The molecule has 6 heteroatoms. The minimum Gasteiger partial charge on any atom is -0.370 e. The van der Waals surface area contributed by atoms with Crippen molar-refractivity contribution in [2.45, 2.75) is 32.1 Å². The molecule has 3 rings (SSSR count). The van der Waals surface area contributed by atoms with Gasteiger partial charge in [-0.15, -0.1) is 0 Å². The van der Waals surface area contributed by atoms with Crippen LogP contribution in [0.5, 0.6) is 0 Å². The van der Waals surface area contributed by atoms with Gasteiger partial charge in [-0.05, 0) is 36.0 Å². The number of piperidine rings is 1. The molecular weight excluding hydrogens is 390 g/mol. The fraction of sp³-hybridized carbons (Fsp3) is 0.400. The Morgan fingerprint density at radius 3 is 2.39 bits per heavy atom. The molecule has 0 unspecified atom stereocenters. The minimum atomic E-state index is -0.681. The van der Waals surface area contributed by atoms with Crippen molar-refractivity contribution in [3.63, 3.8) is 0 Å². The van der Waals surface area contributed by atoms with E-state index in [1.165, 1.54) is 0 Å². The van der Waals surface area contributed by atoms with E-state index in [2.05, 4.69) is 24.3 Å². The van der Waals surface area contributed by atoms with E-state index in [0.717, 1.165) is 29.5 Å². The topological polar surface area (TPSA) is 83.7 Å². The van der Waals surface area contributed by atoms with E-state index in [1.807, 2.05) is 30.3 Å². The van der Waals surface area contributed by atoms with Gasteiger partial charge in [-0.25, -0.2) is 0 Å². The van der Waals surface area contributed by atoms with Gasteiger partial charge in [-0.3, -0.25) is 14.4 Å². The summed E-state index contributed by atoms with van der Waals surface area (Å²) in [6.07, 6.45) is 2.15. The molecule has 1 atom stereocenters. The predicted octanol–water partition coefficient (Wildman–Crippen LogP) is 2.86. The molecule has 0 aromatic heterocycles. The van der Waals surface area contributed by atoms with Crippen LogP contribution in [0, 0.1) is 5.41 Å². The average molecular weight is 422 g/mol. The third kappa shape index (κ3) is 5.51. The highest BCUT2D eigenvalue weighted by Gasteiger charge is 2.44. The summed E-state index contributed by atoms with van der Waals surface area (Å²) in [5.41, 5.74) is 7.83. The monoisotopic (exact) mass is 421 g/mol. The van der Waals surface area contributed by atoms with E-state index in [9.17, 15) is 14.4 Å². The maximum atomic E-state index is 13.3. The second-order valence-electron chi connectivity index (χ2n) is 8.61. The molecule has 31 heavy (non-hydrogen) atoms. The van der Waals surface area contributed by atoms with E-state index in [4.69, 9.17) is 5.73 Å². The van der Waals surface area contributed by atoms with Crippen LogP contribution in [-0.2, 0) is 20.8 Å². The Bertz CT molecular complexity index is 942. The quantitative estimate of drug-likeness (QED) is 0.746. The molecule has 0 spiro atoms. The van der Waals surface area contributed by atoms with E-state index < -0.39 is 11.3 Å². The lowest BCUT2D eigenvalue weighted by atomic mass is 9.73. The zero-order valence-corrected chi connectivity index (χ0v) is 18.3. The Hall–Kier alpha value is -3.15. The van der Waals surface area contributed by atoms with Crippen LogP contribution < -0.4 is 5.73 Å². The molecule has 0 saturated carbocycles. The summed E-state index contributed by atoms with van der Waals surface area (Å²) in [6.45, 7) is 0.960. The fourth-order valence-corrected chi connectivity index (χ4v) is 4.48. The normalized spacial score (nSPS) is 18.5. The highest BCUT2D eigenvalue weighted by Crippen LogP contribution is 2.36. The van der Waals surface area contributed by atoms with Crippen LogP contribution in [0.3, 0.4) is 0 Å². The zero-order valence-electron chi connectivity index (χ0n) is 18.3. The number of hydrogen-bond acceptors (Lipinski definition) is 3. The summed E-state index contributed by atoms with van der Waals surface area (Å²) in [5, 5.41) is 0. The number of amides is 3. The molecule has 164 valence electrons. The third-order valence-corrected chi connectivity index (χ3v) is 5.95. The number of hydrogen-bond donors (Lipinski definition) is 1. The summed E-state index contributed by atoms with van der Waals surface area (Å²) in [6, 6.07) is 18.4. The van der Waals surface area contributed by atoms with Gasteiger partial charge in [0.15, 0.2) is 0 Å². The number of likely N-dealkylation sites (tertiary alicyclic amines) is 1. The summed E-state index contributed by atoms with van der Waals surface area (Å²) in [7, 11) is 3.52. The van der Waals surface area contributed by atoms with Crippen molar-refractivity contribution in [3.05, 3.63) is 60.2 Å². The molecule has 3 amide bonds. The SMILES string of the molecule is CN(C)C(=O)[C@]1(Cc2cccc(-c3ccccc3)c2)CCCN(C(=O)CCC(N)=O)C1. The highest BCUT2D eigenvalue weighted by atomic mass is 16.2. The number of rotatable bonds is 7. The van der Waals surface area contributed by atoms with Crippen molar-refractivity contribution in [3.8, 4) is 11.1 Å². The number of nitrogens with two attached hydrogens (primary N) is 1. The van der Waals surface area contributed by atoms with Gasteiger partial charge < -0.3 is 15.5 Å². The summed E-state index contributed by atoms with van der Waals surface area (Å²) >= 11 is 0. The average Bonchev–Trinajstić information content (AvgIpc) is 2.77. The van der Waals surface area contributed by atoms with Crippen LogP contribution in [0.15, 0.2) is 54.6 Å². The van der Waals surface area contributed by atoms with Gasteiger partial charge in [0.1, 0.15) is 0 Å². The Morgan fingerprint density at radius 1 is 1.00 bits per heavy atom. The van der Waals surface area contributed by atoms with Crippen molar-refractivity contribution in [1.82, 2.24) is 9.80 Å². The molecule has 0 bridgehead atoms. The Labute approximate surface area is 184 Å². The Balaban J connectivity index is 1.87. The molecule has 0 aliphatic carbocycles. The van der Waals surface area contributed by atoms with Gasteiger partial charge in [0.05, 0.1) is 5.41 Å². The van der Waals surface area contributed by atoms with E-state index in [-0.39, 0.29) is 24.7 Å². The molecular formula is C25H31N3O3. The van der Waals surface area contributed by atoms with Gasteiger partial charge in [0.2, 0.25) is 17.7 Å². The molecule has 1 aliphatic rings. The minimum absolute atomic E-state index is 0.0308. The first-order valence-electron chi connectivity index (χ1n) is 10.7. The molecule has 2 N–H and O–H groups in total. The van der Waals surface area contributed by atoms with Gasteiger partial charge in [-0.2, -0.15) is 0 Å². The van der Waals surface area contributed by atoms with Crippen LogP contribution >= 0.6 is 0 Å². The number of carbonyl (C=O) groups is 3. The number of benzene rings is 2. The number of primary amides is 1. The van der Waals surface area contributed by atoms with Crippen molar-refractivity contribution in [1.29, 1.82) is 0 Å². The highest BCUT2D eigenvalue weighted by molar-refractivity contribution is 5.86. The van der Waals surface area contributed by atoms with E-state index in [1.54, 1.807) is 23.9 Å². The first-order valence-corrected chi connectivity index (χ1v) is 10.7. The maximum Gasteiger partial charge on any atom is 0.230 e. The summed E-state index contributed by atoms with van der Waals surface area (Å²) < 4.78 is 0. The lowest BCUT2D eigenvalue weighted by Crippen LogP contribution is -2.54. The Morgan fingerprint density at radius 2 is 1.71 bits per heavy atom. The molecule has 2 aromatic rings. The largest absolute Gasteiger partial charge is 0.370 e. The molecule has 1 saturated heterocycles. The summed E-state index contributed by atoms with van der Waals surface area (Å²) in [4.78, 5) is 40.4. The van der Waals surface area contributed by atoms with Crippen LogP contribution in [0.25, 0.3) is 11.1 Å². The number of carbonyl (C=O) groups excluding carboxylic acids is 3. The second-order valence-corrected chi connectivity index (χ2v) is 8.61. The molecule has 1 heterocycles. The zero-order chi connectivity index (χ0) is 22.4. The summed E-state index contributed by atoms with van der Waals surface area (Å²) in [5.74, 6) is -0.573. The van der Waals surface area contributed by atoms with Crippen LogP contribution in [0.4, 0.5) is 0 Å². The third-order valence-electron chi connectivity index (χ3n) is 5.95. The van der Waals surface area contributed by atoms with Gasteiger partial charge >= 0.3 is 0 Å². The molecule has 1 aliphatic heterocycles. The molecule has 6 nitrogen and oxygen atoms in total. The molecule has 1 fully saturated rings. The van der Waals surface area contributed by atoms with Crippen molar-refractivity contribution in [2.75, 3.05) is 27.2 Å². The Kier molecular flexibility index (Phi) is 7.10. The predicted molar refractivity (Wildman–Crippen MR) is 121 cm³/mol. The first-order chi connectivity index (χ1) is 14.8. The van der Waals surface area contributed by atoms with Gasteiger partial charge in [0, 0.05) is 40.0 Å². The van der Waals surface area contributed by atoms with Crippen molar-refractivity contribution >= 4 is 17.7 Å². The maximum absolute atomic E-state index is 13.3. The lowest BCUT2D eigenvalue weighted by molar-refractivity contribution is -0.147. The van der Waals surface area contributed by atoms with Gasteiger partial charge in [0.25, 0.3) is 0 Å². The second kappa shape index (κ2) is 9.77. The van der Waals surface area contributed by atoms with Gasteiger partial charge in [-0.1, -0.05) is 54.6 Å². The number of nitrogens with zero attached hydrogens (tertiary/aromatic N) is 2. The van der Waals surface area contributed by atoms with E-state index in [0.29, 0.717) is 19.5 Å². The van der Waals surface area contributed by atoms with Crippen LogP contribution in [0.2, 0.25) is 0 Å². The molecule has 0 radical (unpaired) electrons. The van der Waals surface area contributed by atoms with Crippen LogP contribution in [0.1, 0.15) is 31.2 Å². The van der Waals surface area contributed by atoms with Crippen molar-refractivity contribution < 1.29 is 14.4 Å². The smallest absolute Gasteiger partial charge is 0.230 e.